The predicted octanol–water partition coefficient (Wildman–Crippen LogP) is 4.78. The van der Waals surface area contributed by atoms with E-state index in [2.05, 4.69) is 11.0 Å². The van der Waals surface area contributed by atoms with Crippen LogP contribution in [0.25, 0.3) is 16.5 Å². The second-order valence-corrected chi connectivity index (χ2v) is 7.87. The topological polar surface area (TPSA) is 25.2 Å². The van der Waals surface area contributed by atoms with Gasteiger partial charge in [0.15, 0.2) is 5.78 Å². The Kier molecular flexibility index (Phi) is 4.17. The maximum atomic E-state index is 14.1. The normalized spacial score (nSPS) is 19.9. The Morgan fingerprint density at radius 3 is 2.57 bits per heavy atom. The van der Waals surface area contributed by atoms with Crippen molar-refractivity contribution in [2.24, 2.45) is 7.05 Å². The third kappa shape index (κ3) is 2.71. The highest BCUT2D eigenvalue weighted by atomic mass is 19.1. The zero-order valence-corrected chi connectivity index (χ0v) is 16.0. The SMILES string of the molecule is Cn1c2c(c3cc(F)ccc31)C(CN1CCCC1)=CC(c1ccccc1)C2=O. The molecule has 0 radical (unpaired) electrons. The summed E-state index contributed by atoms with van der Waals surface area (Å²) in [5, 5.41) is 0.836. The average molecular weight is 374 g/mol. The molecular formula is C24H23FN2O. The van der Waals surface area contributed by atoms with Crippen LogP contribution in [0.3, 0.4) is 0 Å². The van der Waals surface area contributed by atoms with Gasteiger partial charge in [0.1, 0.15) is 5.82 Å². The number of hydrogen-bond donors (Lipinski definition) is 0. The van der Waals surface area contributed by atoms with E-state index in [1.54, 1.807) is 12.1 Å². The van der Waals surface area contributed by atoms with Crippen molar-refractivity contribution in [3.05, 3.63) is 77.2 Å². The fourth-order valence-corrected chi connectivity index (χ4v) is 4.76. The van der Waals surface area contributed by atoms with Crippen LogP contribution in [0.5, 0.6) is 0 Å². The van der Waals surface area contributed by atoms with Crippen LogP contribution >= 0.6 is 0 Å². The smallest absolute Gasteiger partial charge is 0.191 e. The number of aryl methyl sites for hydroxylation is 1. The lowest BCUT2D eigenvalue weighted by molar-refractivity contribution is 0.0966. The largest absolute Gasteiger partial charge is 0.341 e. The van der Waals surface area contributed by atoms with E-state index in [9.17, 15) is 9.18 Å². The molecule has 1 aliphatic carbocycles. The summed E-state index contributed by atoms with van der Waals surface area (Å²) in [6.07, 6.45) is 4.54. The number of carbonyl (C=O) groups is 1. The van der Waals surface area contributed by atoms with Crippen molar-refractivity contribution >= 4 is 22.3 Å². The Morgan fingerprint density at radius 2 is 1.82 bits per heavy atom. The molecule has 1 fully saturated rings. The molecule has 4 heteroatoms. The molecule has 2 heterocycles. The number of likely N-dealkylation sites (tertiary alicyclic amines) is 1. The van der Waals surface area contributed by atoms with Gasteiger partial charge in [-0.3, -0.25) is 9.69 Å². The molecule has 3 nitrogen and oxygen atoms in total. The molecule has 0 amide bonds. The number of carbonyl (C=O) groups excluding carboxylic acids is 1. The highest BCUT2D eigenvalue weighted by Gasteiger charge is 2.34. The lowest BCUT2D eigenvalue weighted by Crippen LogP contribution is -2.26. The third-order valence-corrected chi connectivity index (χ3v) is 6.12. The molecule has 0 spiro atoms. The Hall–Kier alpha value is -2.72. The molecule has 2 aromatic carbocycles. The van der Waals surface area contributed by atoms with E-state index < -0.39 is 0 Å². The van der Waals surface area contributed by atoms with E-state index in [1.165, 1.54) is 18.9 Å². The monoisotopic (exact) mass is 374 g/mol. The molecule has 1 aromatic heterocycles. The number of hydrogen-bond acceptors (Lipinski definition) is 2. The first kappa shape index (κ1) is 17.4. The average Bonchev–Trinajstić information content (AvgIpc) is 3.31. The Bertz CT molecular complexity index is 1090. The lowest BCUT2D eigenvalue weighted by atomic mass is 9.82. The van der Waals surface area contributed by atoms with Gasteiger partial charge < -0.3 is 4.57 Å². The van der Waals surface area contributed by atoms with Gasteiger partial charge in [0, 0.05) is 30.1 Å². The van der Waals surface area contributed by atoms with Gasteiger partial charge in [-0.15, -0.1) is 0 Å². The van der Waals surface area contributed by atoms with Crippen LogP contribution in [0.1, 0.15) is 40.4 Å². The fourth-order valence-electron chi connectivity index (χ4n) is 4.76. The molecular weight excluding hydrogens is 351 g/mol. The second kappa shape index (κ2) is 6.71. The molecule has 142 valence electrons. The van der Waals surface area contributed by atoms with Crippen LogP contribution in [0.15, 0.2) is 54.6 Å². The molecule has 5 rings (SSSR count). The summed E-state index contributed by atoms with van der Waals surface area (Å²) in [5.41, 5.74) is 4.67. The number of Topliss-reactive ketones (excluding diaryl/α,β-unsaturated/α-hetero) is 1. The summed E-state index contributed by atoms with van der Waals surface area (Å²) in [4.78, 5) is 15.9. The summed E-state index contributed by atoms with van der Waals surface area (Å²) < 4.78 is 16.0. The van der Waals surface area contributed by atoms with E-state index in [0.29, 0.717) is 5.69 Å². The highest BCUT2D eigenvalue weighted by Crippen LogP contribution is 2.41. The Morgan fingerprint density at radius 1 is 1.07 bits per heavy atom. The summed E-state index contributed by atoms with van der Waals surface area (Å²) in [5.74, 6) is -0.469. The van der Waals surface area contributed by atoms with E-state index >= 15 is 0 Å². The highest BCUT2D eigenvalue weighted by molar-refractivity contribution is 6.14. The van der Waals surface area contributed by atoms with E-state index in [0.717, 1.165) is 47.2 Å². The van der Waals surface area contributed by atoms with Gasteiger partial charge in [0.05, 0.1) is 11.6 Å². The number of nitrogens with zero attached hydrogens (tertiary/aromatic N) is 2. The molecule has 1 unspecified atom stereocenters. The van der Waals surface area contributed by atoms with E-state index in [-0.39, 0.29) is 17.5 Å². The molecule has 1 aliphatic heterocycles. The maximum absolute atomic E-state index is 14.1. The van der Waals surface area contributed by atoms with Crippen LogP contribution in [-0.4, -0.2) is 34.9 Å². The molecule has 28 heavy (non-hydrogen) atoms. The Balaban J connectivity index is 1.72. The molecule has 2 aliphatic rings. The number of benzene rings is 2. The molecule has 0 N–H and O–H groups in total. The van der Waals surface area contributed by atoms with Gasteiger partial charge in [0.25, 0.3) is 0 Å². The van der Waals surface area contributed by atoms with E-state index in [1.807, 2.05) is 41.9 Å². The van der Waals surface area contributed by atoms with Crippen molar-refractivity contribution in [1.29, 1.82) is 0 Å². The number of fused-ring (bicyclic) bond motifs is 3. The van der Waals surface area contributed by atoms with Gasteiger partial charge in [-0.1, -0.05) is 36.4 Å². The van der Waals surface area contributed by atoms with Gasteiger partial charge in [-0.2, -0.15) is 0 Å². The zero-order valence-electron chi connectivity index (χ0n) is 16.0. The van der Waals surface area contributed by atoms with Gasteiger partial charge in [0.2, 0.25) is 0 Å². The first-order valence-corrected chi connectivity index (χ1v) is 9.94. The van der Waals surface area contributed by atoms with Gasteiger partial charge in [-0.05, 0) is 55.3 Å². The molecule has 3 aromatic rings. The van der Waals surface area contributed by atoms with Crippen molar-refractivity contribution in [1.82, 2.24) is 9.47 Å². The zero-order chi connectivity index (χ0) is 19.3. The molecule has 1 atom stereocenters. The van der Waals surface area contributed by atoms with Crippen molar-refractivity contribution in [3.63, 3.8) is 0 Å². The van der Waals surface area contributed by atoms with Crippen LogP contribution in [0, 0.1) is 5.82 Å². The lowest BCUT2D eigenvalue weighted by Gasteiger charge is -2.25. The standard InChI is InChI=1S/C24H23FN2O/c1-26-21-10-9-18(25)14-20(21)22-17(15-27-11-5-6-12-27)13-19(24(28)23(22)26)16-7-3-2-4-8-16/h2-4,7-10,13-14,19H,5-6,11-12,15H2,1H3. The number of allylic oxidation sites excluding steroid dienone is 1. The molecule has 1 saturated heterocycles. The summed E-state index contributed by atoms with van der Waals surface area (Å²) in [7, 11) is 1.91. The third-order valence-electron chi connectivity index (χ3n) is 6.12. The Labute approximate surface area is 164 Å². The number of aromatic nitrogens is 1. The summed E-state index contributed by atoms with van der Waals surface area (Å²) >= 11 is 0. The van der Waals surface area contributed by atoms with Crippen LogP contribution in [0.4, 0.5) is 4.39 Å². The van der Waals surface area contributed by atoms with Gasteiger partial charge >= 0.3 is 0 Å². The number of rotatable bonds is 3. The minimum absolute atomic E-state index is 0.0884. The van der Waals surface area contributed by atoms with E-state index in [4.69, 9.17) is 0 Å². The first-order chi connectivity index (χ1) is 13.6. The predicted molar refractivity (Wildman–Crippen MR) is 110 cm³/mol. The van der Waals surface area contributed by atoms with Crippen LogP contribution in [-0.2, 0) is 7.05 Å². The fraction of sp³-hybridized carbons (Fsp3) is 0.292. The second-order valence-electron chi connectivity index (χ2n) is 7.87. The van der Waals surface area contributed by atoms with Crippen LogP contribution < -0.4 is 0 Å². The minimum Gasteiger partial charge on any atom is -0.341 e. The molecule has 0 bridgehead atoms. The van der Waals surface area contributed by atoms with Crippen molar-refractivity contribution in [2.75, 3.05) is 19.6 Å². The maximum Gasteiger partial charge on any atom is 0.191 e. The van der Waals surface area contributed by atoms with Gasteiger partial charge in [-0.25, -0.2) is 4.39 Å². The molecule has 0 saturated carbocycles. The van der Waals surface area contributed by atoms with Crippen molar-refractivity contribution in [3.8, 4) is 0 Å². The number of ketones is 1. The quantitative estimate of drug-likeness (QED) is 0.659. The summed E-state index contributed by atoms with van der Waals surface area (Å²) in [6, 6.07) is 14.8. The van der Waals surface area contributed by atoms with Crippen molar-refractivity contribution < 1.29 is 9.18 Å². The van der Waals surface area contributed by atoms with Crippen LogP contribution in [0.2, 0.25) is 0 Å². The summed E-state index contributed by atoms with van der Waals surface area (Å²) in [6.45, 7) is 2.96. The van der Waals surface area contributed by atoms with Crippen molar-refractivity contribution in [2.45, 2.75) is 18.8 Å². The first-order valence-electron chi connectivity index (χ1n) is 9.94. The minimum atomic E-state index is -0.292. The number of halogens is 1.